The minimum absolute atomic E-state index is 0.497. The van der Waals surface area contributed by atoms with Crippen molar-refractivity contribution in [3.63, 3.8) is 0 Å². The van der Waals surface area contributed by atoms with Crippen LogP contribution in [0.3, 0.4) is 0 Å². The molecule has 0 amide bonds. The topological polar surface area (TPSA) is 15.8 Å². The lowest BCUT2D eigenvalue weighted by Crippen LogP contribution is -2.19. The number of hydrogen-bond acceptors (Lipinski definition) is 0. The highest BCUT2D eigenvalue weighted by Crippen LogP contribution is 2.42. The molecule has 1 aromatic carbocycles. The standard InChI is InChI=1S/C20H25N/c1-3-5-7-9-15-13-16-14-21-19-12-8-11-18(20(16)19)17(15)10-6-4-2/h8,11-12,14-15,17,21H,3-6,10,13H2,1-2H3/t15-,17?/m1/s1. The quantitative estimate of drug-likeness (QED) is 0.719. The molecule has 0 saturated heterocycles. The number of benzene rings is 1. The van der Waals surface area contributed by atoms with Gasteiger partial charge >= 0.3 is 0 Å². The van der Waals surface area contributed by atoms with Crippen molar-refractivity contribution in [3.8, 4) is 11.8 Å². The van der Waals surface area contributed by atoms with Crippen LogP contribution in [0, 0.1) is 17.8 Å². The van der Waals surface area contributed by atoms with Gasteiger partial charge in [0, 0.05) is 29.4 Å². The van der Waals surface area contributed by atoms with Crippen LogP contribution in [0.1, 0.15) is 63.0 Å². The van der Waals surface area contributed by atoms with Gasteiger partial charge in [0.2, 0.25) is 0 Å². The smallest absolute Gasteiger partial charge is 0.0459 e. The normalized spacial score (nSPS) is 20.3. The average Bonchev–Trinajstić information content (AvgIpc) is 2.92. The Hall–Kier alpha value is -1.68. The minimum Gasteiger partial charge on any atom is -0.361 e. The molecule has 0 spiro atoms. The number of aromatic amines is 1. The van der Waals surface area contributed by atoms with Crippen molar-refractivity contribution in [3.05, 3.63) is 35.5 Å². The molecule has 0 saturated carbocycles. The predicted molar refractivity (Wildman–Crippen MR) is 90.4 cm³/mol. The van der Waals surface area contributed by atoms with Crippen LogP contribution in [0.25, 0.3) is 10.9 Å². The van der Waals surface area contributed by atoms with Gasteiger partial charge in [-0.3, -0.25) is 0 Å². The second-order valence-electron chi connectivity index (χ2n) is 6.21. The van der Waals surface area contributed by atoms with Crippen LogP contribution < -0.4 is 0 Å². The van der Waals surface area contributed by atoms with Gasteiger partial charge in [-0.1, -0.05) is 44.7 Å². The van der Waals surface area contributed by atoms with Crippen molar-refractivity contribution in [1.29, 1.82) is 0 Å². The zero-order valence-electron chi connectivity index (χ0n) is 13.2. The maximum absolute atomic E-state index is 3.59. The SMILES string of the molecule is CCCC#C[C@@H]1Cc2c[nH]c3cccc(c23)C1CCCC. The summed E-state index contributed by atoms with van der Waals surface area (Å²) in [5.41, 5.74) is 4.28. The van der Waals surface area contributed by atoms with E-state index < -0.39 is 0 Å². The van der Waals surface area contributed by atoms with E-state index in [9.17, 15) is 0 Å². The Labute approximate surface area is 128 Å². The number of unbranched alkanes of at least 4 members (excludes halogenated alkanes) is 2. The van der Waals surface area contributed by atoms with Crippen LogP contribution in [0.4, 0.5) is 0 Å². The van der Waals surface area contributed by atoms with Crippen LogP contribution in [0.5, 0.6) is 0 Å². The highest BCUT2D eigenvalue weighted by Gasteiger charge is 2.29. The fourth-order valence-corrected chi connectivity index (χ4v) is 3.61. The maximum Gasteiger partial charge on any atom is 0.0459 e. The van der Waals surface area contributed by atoms with Crippen molar-refractivity contribution in [2.75, 3.05) is 0 Å². The molecule has 0 fully saturated rings. The zero-order valence-corrected chi connectivity index (χ0v) is 13.2. The summed E-state index contributed by atoms with van der Waals surface area (Å²) in [6.07, 6.45) is 9.33. The number of rotatable bonds is 4. The van der Waals surface area contributed by atoms with Gasteiger partial charge < -0.3 is 4.98 Å². The summed E-state index contributed by atoms with van der Waals surface area (Å²) in [7, 11) is 0. The van der Waals surface area contributed by atoms with Gasteiger partial charge in [-0.25, -0.2) is 0 Å². The summed E-state index contributed by atoms with van der Waals surface area (Å²) in [6, 6.07) is 6.72. The molecule has 1 aromatic heterocycles. The third-order valence-electron chi connectivity index (χ3n) is 4.68. The molecule has 1 heteroatoms. The number of H-pyrrole nitrogens is 1. The Morgan fingerprint density at radius 3 is 2.95 bits per heavy atom. The van der Waals surface area contributed by atoms with Gasteiger partial charge in [0.1, 0.15) is 0 Å². The van der Waals surface area contributed by atoms with E-state index in [-0.39, 0.29) is 0 Å². The third-order valence-corrected chi connectivity index (χ3v) is 4.68. The molecule has 0 radical (unpaired) electrons. The van der Waals surface area contributed by atoms with Crippen molar-refractivity contribution < 1.29 is 0 Å². The number of aromatic nitrogens is 1. The van der Waals surface area contributed by atoms with E-state index in [1.165, 1.54) is 41.3 Å². The summed E-state index contributed by atoms with van der Waals surface area (Å²) >= 11 is 0. The van der Waals surface area contributed by atoms with Gasteiger partial charge in [0.15, 0.2) is 0 Å². The van der Waals surface area contributed by atoms with Crippen LogP contribution in [0.2, 0.25) is 0 Å². The minimum atomic E-state index is 0.497. The second-order valence-corrected chi connectivity index (χ2v) is 6.21. The Morgan fingerprint density at radius 1 is 1.24 bits per heavy atom. The molecule has 3 rings (SSSR count). The van der Waals surface area contributed by atoms with Crippen molar-refractivity contribution in [2.24, 2.45) is 5.92 Å². The summed E-state index contributed by atoms with van der Waals surface area (Å²) < 4.78 is 0. The van der Waals surface area contributed by atoms with Crippen molar-refractivity contribution in [1.82, 2.24) is 4.98 Å². The van der Waals surface area contributed by atoms with Gasteiger partial charge in [-0.15, -0.1) is 5.92 Å². The lowest BCUT2D eigenvalue weighted by atomic mass is 9.74. The van der Waals surface area contributed by atoms with Crippen LogP contribution in [-0.4, -0.2) is 4.98 Å². The van der Waals surface area contributed by atoms with E-state index in [0.29, 0.717) is 11.8 Å². The largest absolute Gasteiger partial charge is 0.361 e. The molecular weight excluding hydrogens is 254 g/mol. The molecule has 110 valence electrons. The molecule has 21 heavy (non-hydrogen) atoms. The van der Waals surface area contributed by atoms with Crippen molar-refractivity contribution >= 4 is 10.9 Å². The fraction of sp³-hybridized carbons (Fsp3) is 0.500. The van der Waals surface area contributed by atoms with E-state index in [4.69, 9.17) is 0 Å². The first kappa shape index (κ1) is 14.3. The summed E-state index contributed by atoms with van der Waals surface area (Å²) in [4.78, 5) is 3.44. The van der Waals surface area contributed by atoms with Gasteiger partial charge in [0.25, 0.3) is 0 Å². The molecule has 1 heterocycles. The first-order valence-corrected chi connectivity index (χ1v) is 8.42. The second kappa shape index (κ2) is 6.39. The molecule has 1 aliphatic carbocycles. The van der Waals surface area contributed by atoms with Gasteiger partial charge in [-0.05, 0) is 42.4 Å². The molecular formula is C20H25N. The van der Waals surface area contributed by atoms with E-state index in [0.717, 1.165) is 19.3 Å². The number of nitrogens with one attached hydrogen (secondary N) is 1. The zero-order chi connectivity index (χ0) is 14.7. The Kier molecular flexibility index (Phi) is 4.34. The van der Waals surface area contributed by atoms with Crippen molar-refractivity contribution in [2.45, 2.75) is 58.3 Å². The third kappa shape index (κ3) is 2.72. The fourth-order valence-electron chi connectivity index (χ4n) is 3.61. The van der Waals surface area contributed by atoms with Crippen LogP contribution in [0.15, 0.2) is 24.4 Å². The molecule has 1 unspecified atom stereocenters. The predicted octanol–water partition coefficient (Wildman–Crippen LogP) is 5.42. The lowest BCUT2D eigenvalue weighted by molar-refractivity contribution is 0.465. The molecule has 1 aliphatic rings. The Morgan fingerprint density at radius 2 is 2.14 bits per heavy atom. The number of hydrogen-bond donors (Lipinski definition) is 1. The van der Waals surface area contributed by atoms with E-state index >= 15 is 0 Å². The maximum atomic E-state index is 3.59. The molecule has 0 aliphatic heterocycles. The first-order valence-electron chi connectivity index (χ1n) is 8.42. The summed E-state index contributed by atoms with van der Waals surface area (Å²) in [5.74, 6) is 8.11. The van der Waals surface area contributed by atoms with E-state index in [2.05, 4.69) is 55.1 Å². The Bertz CT molecular complexity index is 668. The average molecular weight is 279 g/mol. The summed E-state index contributed by atoms with van der Waals surface area (Å²) in [6.45, 7) is 4.48. The van der Waals surface area contributed by atoms with Gasteiger partial charge in [-0.2, -0.15) is 0 Å². The molecule has 1 N–H and O–H groups in total. The molecule has 0 bridgehead atoms. The molecule has 1 nitrogen and oxygen atoms in total. The Balaban J connectivity index is 1.99. The molecule has 2 atom stereocenters. The lowest BCUT2D eigenvalue weighted by Gasteiger charge is -2.29. The summed E-state index contributed by atoms with van der Waals surface area (Å²) in [5, 5.41) is 1.48. The van der Waals surface area contributed by atoms with Crippen LogP contribution in [-0.2, 0) is 6.42 Å². The highest BCUT2D eigenvalue weighted by atomic mass is 14.7. The van der Waals surface area contributed by atoms with Gasteiger partial charge in [0.05, 0.1) is 0 Å². The molecule has 2 aromatic rings. The monoisotopic (exact) mass is 279 g/mol. The van der Waals surface area contributed by atoms with E-state index in [1.807, 2.05) is 0 Å². The van der Waals surface area contributed by atoms with Crippen LogP contribution >= 0.6 is 0 Å². The highest BCUT2D eigenvalue weighted by molar-refractivity contribution is 5.88. The van der Waals surface area contributed by atoms with E-state index in [1.54, 1.807) is 0 Å². The first-order chi connectivity index (χ1) is 10.3.